The number of rotatable bonds is 6. The highest BCUT2D eigenvalue weighted by molar-refractivity contribution is 9.09. The van der Waals surface area contributed by atoms with E-state index in [2.05, 4.69) is 50.2 Å². The molecule has 51 heavy (non-hydrogen) atoms. The molecule has 0 amide bonds. The highest BCUT2D eigenvalue weighted by Gasteiger charge is 2.38. The number of nitrogens with zero attached hydrogens (tertiary/aromatic N) is 3. The van der Waals surface area contributed by atoms with Gasteiger partial charge in [-0.15, -0.1) is 0 Å². The van der Waals surface area contributed by atoms with Gasteiger partial charge in [0.05, 0.1) is 35.3 Å². The number of aromatic nitrogens is 2. The van der Waals surface area contributed by atoms with Gasteiger partial charge in [0, 0.05) is 30.1 Å². The lowest BCUT2D eigenvalue weighted by atomic mass is 9.69. The predicted octanol–water partition coefficient (Wildman–Crippen LogP) is 9.71. The van der Waals surface area contributed by atoms with Crippen LogP contribution in [0.1, 0.15) is 74.5 Å². The number of carbonyl (C=O) groups is 2. The van der Waals surface area contributed by atoms with E-state index >= 15 is 0 Å². The minimum atomic E-state index is -4.51. The molecule has 6 nitrogen and oxygen atoms in total. The highest BCUT2D eigenvalue weighted by atomic mass is 79.9. The van der Waals surface area contributed by atoms with Crippen LogP contribution in [0.15, 0.2) is 110 Å². The van der Waals surface area contributed by atoms with Crippen LogP contribution < -0.4 is 0 Å². The third kappa shape index (κ3) is 7.40. The van der Waals surface area contributed by atoms with Crippen molar-refractivity contribution in [3.63, 3.8) is 0 Å². The van der Waals surface area contributed by atoms with Crippen LogP contribution in [0.2, 0.25) is 0 Å². The summed E-state index contributed by atoms with van der Waals surface area (Å²) >= 11 is 3.58. The largest absolute Gasteiger partial charge is 0.462 e. The van der Waals surface area contributed by atoms with E-state index in [1.54, 1.807) is 25.1 Å². The van der Waals surface area contributed by atoms with Crippen LogP contribution in [0.4, 0.5) is 13.2 Å². The lowest BCUT2D eigenvalue weighted by Crippen LogP contribution is -2.26. The van der Waals surface area contributed by atoms with E-state index in [1.807, 2.05) is 36.4 Å². The molecule has 6 aromatic rings. The van der Waals surface area contributed by atoms with E-state index in [1.165, 1.54) is 30.4 Å². The molecule has 1 aromatic heterocycles. The molecular weight excluding hydrogens is 719 g/mol. The first-order chi connectivity index (χ1) is 24.6. The van der Waals surface area contributed by atoms with Gasteiger partial charge in [0.25, 0.3) is 0 Å². The fourth-order valence-electron chi connectivity index (χ4n) is 6.79. The minimum Gasteiger partial charge on any atom is -0.462 e. The summed E-state index contributed by atoms with van der Waals surface area (Å²) in [7, 11) is 0. The number of halogens is 4. The molecule has 0 radical (unpaired) electrons. The number of aryl methyl sites for hydroxylation is 1. The number of Topliss-reactive ketones (excluding diaryl/α,β-unsaturated/α-hetero) is 1. The number of carbonyl (C=O) groups excluding carboxylic acids is 2. The monoisotopic (exact) mass is 749 g/mol. The second-order valence-electron chi connectivity index (χ2n) is 12.0. The van der Waals surface area contributed by atoms with Crippen molar-refractivity contribution in [3.8, 4) is 6.07 Å². The molecule has 0 saturated carbocycles. The topological polar surface area (TPSA) is 92.9 Å². The summed E-state index contributed by atoms with van der Waals surface area (Å²) in [6, 6.07) is 28.9. The molecule has 0 N–H and O–H groups in total. The molecule has 1 aliphatic carbocycles. The molecule has 0 fully saturated rings. The number of benzene rings is 5. The van der Waals surface area contributed by atoms with Gasteiger partial charge in [-0.2, -0.15) is 18.4 Å². The van der Waals surface area contributed by atoms with Gasteiger partial charge in [0.1, 0.15) is 12.1 Å². The van der Waals surface area contributed by atoms with Crippen molar-refractivity contribution in [2.45, 2.75) is 37.8 Å². The maximum Gasteiger partial charge on any atom is 0.416 e. The smallest absolute Gasteiger partial charge is 0.416 e. The van der Waals surface area contributed by atoms with Crippen molar-refractivity contribution >= 4 is 49.2 Å². The van der Waals surface area contributed by atoms with E-state index in [-0.39, 0.29) is 24.1 Å². The first-order valence-corrected chi connectivity index (χ1v) is 17.4. The maximum absolute atomic E-state index is 13.8. The molecule has 2 atom stereocenters. The van der Waals surface area contributed by atoms with E-state index in [4.69, 9.17) is 4.74 Å². The van der Waals surface area contributed by atoms with Crippen LogP contribution in [0.3, 0.4) is 0 Å². The van der Waals surface area contributed by atoms with Crippen molar-refractivity contribution in [3.05, 3.63) is 154 Å². The number of ketones is 1. The Balaban J connectivity index is 0.000000349. The summed E-state index contributed by atoms with van der Waals surface area (Å²) in [5.41, 5.74) is 4.26. The Hall–Kier alpha value is -5.40. The number of esters is 1. The van der Waals surface area contributed by atoms with Crippen molar-refractivity contribution in [1.29, 1.82) is 5.26 Å². The zero-order valence-corrected chi connectivity index (χ0v) is 29.0. The quantitative estimate of drug-likeness (QED) is 0.0957. The zero-order chi connectivity index (χ0) is 36.1. The number of fused-ring (bicyclic) bond motifs is 5. The number of nitriles is 1. The summed E-state index contributed by atoms with van der Waals surface area (Å²) in [5.74, 6) is -1.60. The van der Waals surface area contributed by atoms with E-state index in [0.29, 0.717) is 23.3 Å². The molecule has 0 saturated heterocycles. The lowest BCUT2D eigenvalue weighted by molar-refractivity contribution is -0.137. The fourth-order valence-corrected chi connectivity index (χ4v) is 7.22. The van der Waals surface area contributed by atoms with Crippen LogP contribution in [0.25, 0.3) is 21.5 Å². The van der Waals surface area contributed by atoms with E-state index in [0.717, 1.165) is 62.1 Å². The second kappa shape index (κ2) is 15.2. The number of hydrogen-bond donors (Lipinski definition) is 0. The zero-order valence-electron chi connectivity index (χ0n) is 27.5. The third-order valence-electron chi connectivity index (χ3n) is 9.01. The van der Waals surface area contributed by atoms with E-state index in [9.17, 15) is 28.0 Å². The van der Waals surface area contributed by atoms with Gasteiger partial charge in [-0.1, -0.05) is 88.7 Å². The summed E-state index contributed by atoms with van der Waals surface area (Å²) in [5, 5.41) is 14.4. The average Bonchev–Trinajstić information content (AvgIpc) is 3.15. The average molecular weight is 751 g/mol. The number of alkyl halides is 4. The Labute approximate surface area is 301 Å². The Kier molecular flexibility index (Phi) is 10.6. The van der Waals surface area contributed by atoms with Gasteiger partial charge in [-0.3, -0.25) is 4.79 Å². The molecule has 0 aliphatic heterocycles. The Morgan fingerprint density at radius 1 is 0.902 bits per heavy atom. The number of ether oxygens (including phenoxy) is 1. The van der Waals surface area contributed by atoms with Crippen molar-refractivity contribution < 1.29 is 27.5 Å². The molecule has 2 unspecified atom stereocenters. The van der Waals surface area contributed by atoms with Gasteiger partial charge >= 0.3 is 12.1 Å². The van der Waals surface area contributed by atoms with Crippen LogP contribution >= 0.6 is 15.9 Å². The summed E-state index contributed by atoms with van der Waals surface area (Å²) in [4.78, 5) is 32.1. The first kappa shape index (κ1) is 35.4. The highest BCUT2D eigenvalue weighted by Crippen LogP contribution is 2.48. The molecule has 5 aromatic carbocycles. The Morgan fingerprint density at radius 2 is 1.61 bits per heavy atom. The van der Waals surface area contributed by atoms with Crippen LogP contribution in [0.5, 0.6) is 0 Å². The molecule has 1 aliphatic rings. The van der Waals surface area contributed by atoms with Crippen LogP contribution in [0, 0.1) is 11.3 Å². The Bertz CT molecular complexity index is 2270. The standard InChI is InChI=1S/C34H23BrF3NO.C7H8N2O2/c35-15-14-22-17-30-27(26-7-2-1-6-25(22)26)12-13-28-32(23-4-3-5-24(16-23)34(36,37)38)31(40)18-29(33(28)30)21-10-8-20(19-39)9-11-21;1-2-11-7(10)6-3-8-5-9-4-6/h1-13,16-17,29,32H,14-15,18H2;3-5H,2H2,1H3. The molecule has 1 heterocycles. The van der Waals surface area contributed by atoms with Crippen molar-refractivity contribution in [2.24, 2.45) is 0 Å². The molecule has 10 heteroatoms. The summed E-state index contributed by atoms with van der Waals surface area (Å²) < 4.78 is 45.6. The van der Waals surface area contributed by atoms with Gasteiger partial charge in [-0.25, -0.2) is 14.8 Å². The minimum absolute atomic E-state index is 0.123. The summed E-state index contributed by atoms with van der Waals surface area (Å²) in [6.07, 6.45) is 0.657. The predicted molar refractivity (Wildman–Crippen MR) is 193 cm³/mol. The van der Waals surface area contributed by atoms with Gasteiger partial charge < -0.3 is 4.74 Å². The van der Waals surface area contributed by atoms with E-state index < -0.39 is 17.7 Å². The molecule has 0 bridgehead atoms. The molecule has 0 spiro atoms. The van der Waals surface area contributed by atoms with Crippen molar-refractivity contribution in [1.82, 2.24) is 9.97 Å². The van der Waals surface area contributed by atoms with Crippen molar-refractivity contribution in [2.75, 3.05) is 11.9 Å². The molecular formula is C41H31BrF3N3O3. The van der Waals surface area contributed by atoms with Gasteiger partial charge in [-0.05, 0) is 80.9 Å². The first-order valence-electron chi connectivity index (χ1n) is 16.3. The summed E-state index contributed by atoms with van der Waals surface area (Å²) in [6.45, 7) is 2.12. The van der Waals surface area contributed by atoms with Crippen LogP contribution in [-0.2, 0) is 22.1 Å². The maximum atomic E-state index is 13.8. The third-order valence-corrected chi connectivity index (χ3v) is 9.41. The Morgan fingerprint density at radius 3 is 2.27 bits per heavy atom. The van der Waals surface area contributed by atoms with Gasteiger partial charge in [0.15, 0.2) is 0 Å². The molecule has 7 rings (SSSR count). The number of hydrogen-bond acceptors (Lipinski definition) is 6. The van der Waals surface area contributed by atoms with Crippen LogP contribution in [-0.4, -0.2) is 33.7 Å². The fraction of sp³-hybridized carbons (Fsp3) is 0.195. The SMILES string of the molecule is CCOC(=O)c1cncnc1.N#Cc1ccc(C2CC(=O)C(c3cccc(C(F)(F)F)c3)c3ccc4c(cc(CCBr)c5ccccc54)c32)cc1. The van der Waals surface area contributed by atoms with Gasteiger partial charge in [0.2, 0.25) is 0 Å². The lowest BCUT2D eigenvalue weighted by Gasteiger charge is -2.33. The normalized spacial score (nSPS) is 15.4. The second-order valence-corrected chi connectivity index (χ2v) is 12.8. The molecule has 256 valence electrons.